The molecule has 0 aliphatic rings. The highest BCUT2D eigenvalue weighted by Crippen LogP contribution is 2.16. The quantitative estimate of drug-likeness (QED) is 0.794. The van der Waals surface area contributed by atoms with Crippen molar-refractivity contribution in [1.29, 1.82) is 0 Å². The summed E-state index contributed by atoms with van der Waals surface area (Å²) in [7, 11) is -1.99. The van der Waals surface area contributed by atoms with Gasteiger partial charge in [0, 0.05) is 19.3 Å². The molecule has 2 heterocycles. The Morgan fingerprint density at radius 1 is 1.14 bits per heavy atom. The van der Waals surface area contributed by atoms with Gasteiger partial charge in [-0.25, -0.2) is 13.1 Å². The molecule has 1 aromatic carbocycles. The van der Waals surface area contributed by atoms with E-state index in [0.29, 0.717) is 0 Å². The van der Waals surface area contributed by atoms with Crippen LogP contribution in [-0.4, -0.2) is 28.0 Å². The number of nitrogens with zero attached hydrogens (tertiary/aromatic N) is 4. The van der Waals surface area contributed by atoms with Gasteiger partial charge in [0.1, 0.15) is 4.90 Å². The monoisotopic (exact) mass is 317 g/mol. The van der Waals surface area contributed by atoms with E-state index in [1.54, 1.807) is 19.3 Å². The van der Waals surface area contributed by atoms with Crippen LogP contribution in [0.1, 0.15) is 5.56 Å². The summed E-state index contributed by atoms with van der Waals surface area (Å²) in [6.07, 6.45) is 4.44. The van der Waals surface area contributed by atoms with Crippen LogP contribution in [0, 0.1) is 6.92 Å². The first-order valence-corrected chi connectivity index (χ1v) is 8.06. The van der Waals surface area contributed by atoms with Gasteiger partial charge in [0.05, 0.1) is 18.1 Å². The van der Waals surface area contributed by atoms with Crippen LogP contribution in [0.5, 0.6) is 0 Å². The van der Waals surface area contributed by atoms with Crippen molar-refractivity contribution in [3.63, 3.8) is 0 Å². The standard InChI is InChI=1S/C14H15N5O2S/c1-11-3-5-12(6-4-11)19-10-13(9-15-19)22(20,21)17-14-7-8-18(2)16-14/h3-10H,1-2H3,(H,16,17). The molecule has 8 heteroatoms. The molecule has 0 aliphatic carbocycles. The lowest BCUT2D eigenvalue weighted by molar-refractivity contribution is 0.601. The molecule has 0 saturated carbocycles. The second-order valence-electron chi connectivity index (χ2n) is 4.94. The molecule has 0 fully saturated rings. The van der Waals surface area contributed by atoms with Crippen LogP contribution in [0.15, 0.2) is 53.8 Å². The van der Waals surface area contributed by atoms with Crippen molar-refractivity contribution in [2.45, 2.75) is 11.8 Å². The number of aromatic nitrogens is 4. The van der Waals surface area contributed by atoms with Gasteiger partial charge >= 0.3 is 0 Å². The van der Waals surface area contributed by atoms with E-state index in [4.69, 9.17) is 0 Å². The maximum Gasteiger partial charge on any atom is 0.266 e. The Bertz CT molecular complexity index is 893. The fraction of sp³-hybridized carbons (Fsp3) is 0.143. The predicted octanol–water partition coefficient (Wildman–Crippen LogP) is 1.72. The van der Waals surface area contributed by atoms with E-state index in [-0.39, 0.29) is 10.7 Å². The Hall–Kier alpha value is -2.61. The highest BCUT2D eigenvalue weighted by atomic mass is 32.2. The molecule has 22 heavy (non-hydrogen) atoms. The van der Waals surface area contributed by atoms with Crippen LogP contribution in [0.3, 0.4) is 0 Å². The third-order valence-corrected chi connectivity index (χ3v) is 4.43. The zero-order valence-electron chi connectivity index (χ0n) is 12.1. The summed E-state index contributed by atoms with van der Waals surface area (Å²) in [6, 6.07) is 9.23. The number of nitrogens with one attached hydrogen (secondary N) is 1. The maximum absolute atomic E-state index is 12.3. The summed E-state index contributed by atoms with van der Waals surface area (Å²) in [5.41, 5.74) is 1.92. The van der Waals surface area contributed by atoms with Crippen LogP contribution in [0.25, 0.3) is 5.69 Å². The SMILES string of the molecule is Cc1ccc(-n2cc(S(=O)(=O)Nc3ccn(C)n3)cn2)cc1. The Kier molecular flexibility index (Phi) is 3.45. The first-order chi connectivity index (χ1) is 10.4. The molecule has 0 amide bonds. The first-order valence-electron chi connectivity index (χ1n) is 6.58. The van der Waals surface area contributed by atoms with Gasteiger partial charge in [0.2, 0.25) is 0 Å². The number of hydrogen-bond acceptors (Lipinski definition) is 4. The molecule has 0 bridgehead atoms. The van der Waals surface area contributed by atoms with Crippen molar-refractivity contribution < 1.29 is 8.42 Å². The van der Waals surface area contributed by atoms with E-state index in [9.17, 15) is 8.42 Å². The average molecular weight is 317 g/mol. The lowest BCUT2D eigenvalue weighted by atomic mass is 10.2. The minimum Gasteiger partial charge on any atom is -0.274 e. The molecule has 3 rings (SSSR count). The largest absolute Gasteiger partial charge is 0.274 e. The number of anilines is 1. The van der Waals surface area contributed by atoms with E-state index >= 15 is 0 Å². The van der Waals surface area contributed by atoms with Gasteiger partial charge in [0.25, 0.3) is 10.0 Å². The van der Waals surface area contributed by atoms with Crippen LogP contribution in [-0.2, 0) is 17.1 Å². The molecule has 0 radical (unpaired) electrons. The molecule has 2 aromatic heterocycles. The highest BCUT2D eigenvalue weighted by Gasteiger charge is 2.18. The number of hydrogen-bond donors (Lipinski definition) is 1. The zero-order chi connectivity index (χ0) is 15.7. The molecule has 3 aromatic rings. The molecule has 0 atom stereocenters. The van der Waals surface area contributed by atoms with Gasteiger partial charge in [-0.15, -0.1) is 0 Å². The fourth-order valence-corrected chi connectivity index (χ4v) is 2.88. The van der Waals surface area contributed by atoms with E-state index in [1.165, 1.54) is 21.8 Å². The summed E-state index contributed by atoms with van der Waals surface area (Å²) < 4.78 is 30.0. The second kappa shape index (κ2) is 5.30. The molecule has 0 unspecified atom stereocenters. The van der Waals surface area contributed by atoms with E-state index in [1.807, 2.05) is 31.2 Å². The van der Waals surface area contributed by atoms with Crippen molar-refractivity contribution in [2.75, 3.05) is 4.72 Å². The number of benzene rings is 1. The van der Waals surface area contributed by atoms with Crippen molar-refractivity contribution in [2.24, 2.45) is 7.05 Å². The third-order valence-electron chi connectivity index (χ3n) is 3.12. The lowest BCUT2D eigenvalue weighted by Crippen LogP contribution is -2.13. The van der Waals surface area contributed by atoms with E-state index in [0.717, 1.165) is 11.3 Å². The predicted molar refractivity (Wildman–Crippen MR) is 82.3 cm³/mol. The van der Waals surface area contributed by atoms with Gasteiger partial charge in [-0.1, -0.05) is 17.7 Å². The molecule has 7 nitrogen and oxygen atoms in total. The lowest BCUT2D eigenvalue weighted by Gasteiger charge is -2.03. The van der Waals surface area contributed by atoms with Crippen LogP contribution < -0.4 is 4.72 Å². The summed E-state index contributed by atoms with van der Waals surface area (Å²) in [5.74, 6) is 0.269. The number of aryl methyl sites for hydroxylation is 2. The minimum atomic E-state index is -3.70. The Morgan fingerprint density at radius 2 is 1.86 bits per heavy atom. The van der Waals surface area contributed by atoms with E-state index < -0.39 is 10.0 Å². The molecule has 114 valence electrons. The molecule has 0 spiro atoms. The molecular formula is C14H15N5O2S. The molecule has 1 N–H and O–H groups in total. The highest BCUT2D eigenvalue weighted by molar-refractivity contribution is 7.92. The van der Waals surface area contributed by atoms with Crippen LogP contribution in [0.2, 0.25) is 0 Å². The number of sulfonamides is 1. The second-order valence-corrected chi connectivity index (χ2v) is 6.62. The van der Waals surface area contributed by atoms with Crippen molar-refractivity contribution in [1.82, 2.24) is 19.6 Å². The van der Waals surface area contributed by atoms with Gasteiger partial charge in [-0.2, -0.15) is 10.2 Å². The first kappa shape index (κ1) is 14.3. The van der Waals surface area contributed by atoms with Gasteiger partial charge in [-0.3, -0.25) is 9.40 Å². The summed E-state index contributed by atoms with van der Waals surface area (Å²) in [6.45, 7) is 1.99. The van der Waals surface area contributed by atoms with Crippen molar-refractivity contribution >= 4 is 15.8 Å². The Labute approximate surface area is 128 Å². The maximum atomic E-state index is 12.3. The van der Waals surface area contributed by atoms with Gasteiger partial charge < -0.3 is 0 Å². The summed E-state index contributed by atoms with van der Waals surface area (Å²) >= 11 is 0. The van der Waals surface area contributed by atoms with Gasteiger partial charge in [-0.05, 0) is 19.1 Å². The van der Waals surface area contributed by atoms with Gasteiger partial charge in [0.15, 0.2) is 5.82 Å². The van der Waals surface area contributed by atoms with E-state index in [2.05, 4.69) is 14.9 Å². The third kappa shape index (κ3) is 2.86. The zero-order valence-corrected chi connectivity index (χ0v) is 12.9. The topological polar surface area (TPSA) is 81.8 Å². The van der Waals surface area contributed by atoms with Crippen molar-refractivity contribution in [3.05, 3.63) is 54.5 Å². The normalized spacial score (nSPS) is 11.5. The summed E-state index contributed by atoms with van der Waals surface area (Å²) in [5, 5.41) is 8.10. The van der Waals surface area contributed by atoms with Crippen LogP contribution >= 0.6 is 0 Å². The van der Waals surface area contributed by atoms with Crippen molar-refractivity contribution in [3.8, 4) is 5.69 Å². The Balaban J connectivity index is 1.87. The Morgan fingerprint density at radius 3 is 2.50 bits per heavy atom. The molecule has 0 saturated heterocycles. The smallest absolute Gasteiger partial charge is 0.266 e. The average Bonchev–Trinajstić information content (AvgIpc) is 3.09. The minimum absolute atomic E-state index is 0.0822. The summed E-state index contributed by atoms with van der Waals surface area (Å²) in [4.78, 5) is 0.0822. The van der Waals surface area contributed by atoms with Crippen LogP contribution in [0.4, 0.5) is 5.82 Å². The number of rotatable bonds is 4. The molecular weight excluding hydrogens is 302 g/mol. The molecule has 0 aliphatic heterocycles. The fourth-order valence-electron chi connectivity index (χ4n) is 1.95.